The molecule has 104 valence electrons. The quantitative estimate of drug-likeness (QED) is 0.664. The third-order valence-electron chi connectivity index (χ3n) is 2.80. The Bertz CT molecular complexity index is 699. The molecule has 2 N–H and O–H groups in total. The number of nitrogens with one attached hydrogen (secondary N) is 2. The summed E-state index contributed by atoms with van der Waals surface area (Å²) in [5, 5.41) is 14.7. The van der Waals surface area contributed by atoms with Gasteiger partial charge in [-0.1, -0.05) is 30.3 Å². The van der Waals surface area contributed by atoms with Gasteiger partial charge < -0.3 is 10.6 Å². The molecule has 4 heteroatoms. The van der Waals surface area contributed by atoms with E-state index < -0.39 is 5.91 Å². The molecule has 2 aromatic carbocycles. The molecule has 0 bridgehead atoms. The zero-order chi connectivity index (χ0) is 15.1. The lowest BCUT2D eigenvalue weighted by atomic mass is 10.2. The molecule has 0 spiro atoms. The Morgan fingerprint density at radius 3 is 2.48 bits per heavy atom. The van der Waals surface area contributed by atoms with Crippen LogP contribution in [0.2, 0.25) is 0 Å². The average molecular weight is 277 g/mol. The number of benzene rings is 2. The van der Waals surface area contributed by atoms with Crippen molar-refractivity contribution in [3.8, 4) is 6.07 Å². The summed E-state index contributed by atoms with van der Waals surface area (Å²) in [6.45, 7) is 1.94. The van der Waals surface area contributed by atoms with Crippen molar-refractivity contribution in [3.05, 3.63) is 71.9 Å². The van der Waals surface area contributed by atoms with Gasteiger partial charge in [0.1, 0.15) is 11.6 Å². The van der Waals surface area contributed by atoms with E-state index in [-0.39, 0.29) is 5.57 Å². The van der Waals surface area contributed by atoms with Crippen LogP contribution in [0.25, 0.3) is 0 Å². The molecule has 0 unspecified atom stereocenters. The van der Waals surface area contributed by atoms with Gasteiger partial charge in [-0.3, -0.25) is 4.79 Å². The molecule has 0 fully saturated rings. The number of amides is 1. The van der Waals surface area contributed by atoms with Gasteiger partial charge in [-0.15, -0.1) is 0 Å². The van der Waals surface area contributed by atoms with Gasteiger partial charge in [0, 0.05) is 17.6 Å². The number of aryl methyl sites for hydroxylation is 1. The van der Waals surface area contributed by atoms with Crippen molar-refractivity contribution in [2.75, 3.05) is 10.6 Å². The summed E-state index contributed by atoms with van der Waals surface area (Å²) in [6.07, 6.45) is 1.40. The first-order valence-electron chi connectivity index (χ1n) is 6.49. The lowest BCUT2D eigenvalue weighted by Gasteiger charge is -2.05. The van der Waals surface area contributed by atoms with Gasteiger partial charge in [0.15, 0.2) is 0 Å². The van der Waals surface area contributed by atoms with E-state index in [4.69, 9.17) is 5.26 Å². The van der Waals surface area contributed by atoms with Crippen molar-refractivity contribution in [1.82, 2.24) is 0 Å². The van der Waals surface area contributed by atoms with Crippen LogP contribution in [0.1, 0.15) is 5.56 Å². The van der Waals surface area contributed by atoms with Gasteiger partial charge >= 0.3 is 0 Å². The average Bonchev–Trinajstić information content (AvgIpc) is 2.49. The molecule has 2 aromatic rings. The van der Waals surface area contributed by atoms with E-state index in [0.717, 1.165) is 11.3 Å². The SMILES string of the molecule is Cc1cccc(NC(=O)/C(C#N)=C\Nc2ccccc2)c1. The number of carbonyl (C=O) groups excluding carboxylic acids is 1. The Morgan fingerprint density at radius 1 is 1.10 bits per heavy atom. The van der Waals surface area contributed by atoms with Crippen LogP contribution < -0.4 is 10.6 Å². The van der Waals surface area contributed by atoms with E-state index in [1.54, 1.807) is 6.07 Å². The summed E-state index contributed by atoms with van der Waals surface area (Å²) in [4.78, 5) is 12.0. The summed E-state index contributed by atoms with van der Waals surface area (Å²) < 4.78 is 0. The van der Waals surface area contributed by atoms with Gasteiger partial charge in [0.2, 0.25) is 0 Å². The smallest absolute Gasteiger partial charge is 0.267 e. The predicted octanol–water partition coefficient (Wildman–Crippen LogP) is 3.45. The lowest BCUT2D eigenvalue weighted by molar-refractivity contribution is -0.112. The van der Waals surface area contributed by atoms with Gasteiger partial charge in [0.25, 0.3) is 5.91 Å². The van der Waals surface area contributed by atoms with Crippen LogP contribution in [0.4, 0.5) is 11.4 Å². The summed E-state index contributed by atoms with van der Waals surface area (Å²) >= 11 is 0. The second kappa shape index (κ2) is 6.92. The maximum atomic E-state index is 12.0. The number of nitrogens with zero attached hydrogens (tertiary/aromatic N) is 1. The molecule has 0 aromatic heterocycles. The molecule has 1 amide bonds. The van der Waals surface area contributed by atoms with Crippen molar-refractivity contribution in [2.24, 2.45) is 0 Å². The van der Waals surface area contributed by atoms with Crippen LogP contribution in [-0.2, 0) is 4.79 Å². The Kier molecular flexibility index (Phi) is 4.73. The maximum absolute atomic E-state index is 12.0. The molecule has 21 heavy (non-hydrogen) atoms. The number of hydrogen-bond acceptors (Lipinski definition) is 3. The molecule has 0 aliphatic rings. The highest BCUT2D eigenvalue weighted by atomic mass is 16.1. The fourth-order valence-electron chi connectivity index (χ4n) is 1.76. The fraction of sp³-hybridized carbons (Fsp3) is 0.0588. The lowest BCUT2D eigenvalue weighted by Crippen LogP contribution is -2.14. The standard InChI is InChI=1S/C17H15N3O/c1-13-6-5-9-16(10-13)20-17(21)14(11-18)12-19-15-7-3-2-4-8-15/h2-10,12,19H,1H3,(H,20,21)/b14-12-. The number of carbonyl (C=O) groups is 1. The van der Waals surface area contributed by atoms with Crippen LogP contribution in [0.5, 0.6) is 0 Å². The van der Waals surface area contributed by atoms with Crippen LogP contribution in [0, 0.1) is 18.3 Å². The predicted molar refractivity (Wildman–Crippen MR) is 83.6 cm³/mol. The number of nitriles is 1. The molecule has 0 aliphatic heterocycles. The second-order valence-electron chi connectivity index (χ2n) is 4.50. The summed E-state index contributed by atoms with van der Waals surface area (Å²) in [5.41, 5.74) is 2.53. The van der Waals surface area contributed by atoms with Crippen molar-refractivity contribution in [3.63, 3.8) is 0 Å². The minimum Gasteiger partial charge on any atom is -0.360 e. The number of hydrogen-bond donors (Lipinski definition) is 2. The van der Waals surface area contributed by atoms with Gasteiger partial charge in [0.05, 0.1) is 0 Å². The molecular weight excluding hydrogens is 262 g/mol. The minimum atomic E-state index is -0.438. The third kappa shape index (κ3) is 4.22. The topological polar surface area (TPSA) is 64.9 Å². The molecule has 0 radical (unpaired) electrons. The largest absolute Gasteiger partial charge is 0.360 e. The van der Waals surface area contributed by atoms with Crippen LogP contribution in [0.3, 0.4) is 0 Å². The van der Waals surface area contributed by atoms with Crippen molar-refractivity contribution in [2.45, 2.75) is 6.92 Å². The van der Waals surface area contributed by atoms with E-state index in [1.165, 1.54) is 6.20 Å². The molecule has 0 saturated carbocycles. The Balaban J connectivity index is 2.07. The van der Waals surface area contributed by atoms with Crippen LogP contribution in [-0.4, -0.2) is 5.91 Å². The maximum Gasteiger partial charge on any atom is 0.267 e. The van der Waals surface area contributed by atoms with E-state index in [0.29, 0.717) is 5.69 Å². The van der Waals surface area contributed by atoms with E-state index in [2.05, 4.69) is 10.6 Å². The Morgan fingerprint density at radius 2 is 1.81 bits per heavy atom. The fourth-order valence-corrected chi connectivity index (χ4v) is 1.76. The molecule has 0 saturated heterocycles. The summed E-state index contributed by atoms with van der Waals surface area (Å²) in [7, 11) is 0. The first-order chi connectivity index (χ1) is 10.2. The van der Waals surface area contributed by atoms with Gasteiger partial charge in [-0.2, -0.15) is 5.26 Å². The second-order valence-corrected chi connectivity index (χ2v) is 4.50. The monoisotopic (exact) mass is 277 g/mol. The molecule has 0 heterocycles. The third-order valence-corrected chi connectivity index (χ3v) is 2.80. The van der Waals surface area contributed by atoms with Crippen molar-refractivity contribution >= 4 is 17.3 Å². The normalized spacial score (nSPS) is 10.6. The first-order valence-corrected chi connectivity index (χ1v) is 6.49. The first kappa shape index (κ1) is 14.4. The van der Waals surface area contributed by atoms with Crippen molar-refractivity contribution in [1.29, 1.82) is 5.26 Å². The highest BCUT2D eigenvalue weighted by Crippen LogP contribution is 2.11. The molecule has 4 nitrogen and oxygen atoms in total. The summed E-state index contributed by atoms with van der Waals surface area (Å²) in [5.74, 6) is -0.438. The Hall–Kier alpha value is -3.06. The van der Waals surface area contributed by atoms with E-state index in [1.807, 2.05) is 61.5 Å². The highest BCUT2D eigenvalue weighted by Gasteiger charge is 2.09. The van der Waals surface area contributed by atoms with Gasteiger partial charge in [-0.05, 0) is 36.8 Å². The molecule has 0 aliphatic carbocycles. The van der Waals surface area contributed by atoms with Crippen molar-refractivity contribution < 1.29 is 4.79 Å². The zero-order valence-corrected chi connectivity index (χ0v) is 11.6. The zero-order valence-electron chi connectivity index (χ0n) is 11.6. The number of rotatable bonds is 4. The van der Waals surface area contributed by atoms with Gasteiger partial charge in [-0.25, -0.2) is 0 Å². The van der Waals surface area contributed by atoms with E-state index in [9.17, 15) is 4.79 Å². The minimum absolute atomic E-state index is 0.0142. The van der Waals surface area contributed by atoms with Crippen LogP contribution >= 0.6 is 0 Å². The number of anilines is 2. The molecule has 0 atom stereocenters. The molecular formula is C17H15N3O. The molecule has 2 rings (SSSR count). The van der Waals surface area contributed by atoms with E-state index >= 15 is 0 Å². The summed E-state index contributed by atoms with van der Waals surface area (Å²) in [6, 6.07) is 18.6. The Labute approximate surface area is 123 Å². The highest BCUT2D eigenvalue weighted by molar-refractivity contribution is 6.06. The van der Waals surface area contributed by atoms with Crippen LogP contribution in [0.15, 0.2) is 66.4 Å². The number of para-hydroxylation sites is 1.